The number of hydrogen-bond acceptors (Lipinski definition) is 4. The summed E-state index contributed by atoms with van der Waals surface area (Å²) in [6, 6.07) is 13.1. The van der Waals surface area contributed by atoms with Crippen LogP contribution in [0.1, 0.15) is 5.69 Å². The summed E-state index contributed by atoms with van der Waals surface area (Å²) >= 11 is 5.87. The van der Waals surface area contributed by atoms with Gasteiger partial charge in [0.15, 0.2) is 11.5 Å². The van der Waals surface area contributed by atoms with Crippen molar-refractivity contribution in [3.05, 3.63) is 59.2 Å². The van der Waals surface area contributed by atoms with E-state index in [0.29, 0.717) is 21.5 Å². The van der Waals surface area contributed by atoms with E-state index >= 15 is 0 Å². The van der Waals surface area contributed by atoms with Crippen LogP contribution in [0.25, 0.3) is 33.2 Å². The molecule has 2 heterocycles. The number of fused-ring (bicyclic) bond motifs is 3. The zero-order valence-corrected chi connectivity index (χ0v) is 14.6. The molecule has 0 aliphatic heterocycles. The average molecular weight is 390 g/mol. The van der Waals surface area contributed by atoms with Crippen LogP contribution in [0.5, 0.6) is 5.88 Å². The fraction of sp³-hybridized carbons (Fsp3) is 0.105. The summed E-state index contributed by atoms with van der Waals surface area (Å²) in [7, 11) is 1.27. The number of methoxy groups -OCH3 is 1. The summed E-state index contributed by atoms with van der Waals surface area (Å²) < 4.78 is 46.5. The van der Waals surface area contributed by atoms with Crippen LogP contribution in [0.4, 0.5) is 13.2 Å². The molecule has 2 aromatic heterocycles. The summed E-state index contributed by atoms with van der Waals surface area (Å²) in [4.78, 5) is 12.4. The van der Waals surface area contributed by atoms with Gasteiger partial charge in [0.2, 0.25) is 5.88 Å². The van der Waals surface area contributed by atoms with Crippen LogP contribution in [0, 0.1) is 0 Å². The van der Waals surface area contributed by atoms with E-state index in [1.165, 1.54) is 7.11 Å². The third-order valence-electron chi connectivity index (χ3n) is 4.07. The molecule has 0 bridgehead atoms. The largest absolute Gasteiger partial charge is 0.480 e. The highest BCUT2D eigenvalue weighted by Gasteiger charge is 2.38. The average Bonchev–Trinajstić information content (AvgIpc) is 2.66. The van der Waals surface area contributed by atoms with Crippen LogP contribution in [0.3, 0.4) is 0 Å². The molecular weight excluding hydrogens is 379 g/mol. The fourth-order valence-corrected chi connectivity index (χ4v) is 3.00. The number of rotatable bonds is 2. The second kappa shape index (κ2) is 6.35. The van der Waals surface area contributed by atoms with Gasteiger partial charge in [-0.3, -0.25) is 0 Å². The molecule has 4 rings (SSSR count). The number of aromatic nitrogens is 3. The third kappa shape index (κ3) is 3.04. The Morgan fingerprint density at radius 1 is 0.926 bits per heavy atom. The van der Waals surface area contributed by atoms with Crippen LogP contribution < -0.4 is 4.74 Å². The van der Waals surface area contributed by atoms with Crippen molar-refractivity contribution in [1.82, 2.24) is 15.0 Å². The van der Waals surface area contributed by atoms with E-state index in [0.717, 1.165) is 0 Å². The second-order valence-corrected chi connectivity index (χ2v) is 6.20. The Kier molecular flexibility index (Phi) is 4.11. The number of pyridine rings is 1. The van der Waals surface area contributed by atoms with E-state index in [1.54, 1.807) is 48.5 Å². The van der Waals surface area contributed by atoms with E-state index < -0.39 is 11.9 Å². The Labute approximate surface area is 156 Å². The molecule has 0 saturated carbocycles. The second-order valence-electron chi connectivity index (χ2n) is 5.76. The highest BCUT2D eigenvalue weighted by Crippen LogP contribution is 2.40. The van der Waals surface area contributed by atoms with E-state index in [2.05, 4.69) is 15.0 Å². The molecule has 0 amide bonds. The van der Waals surface area contributed by atoms with Gasteiger partial charge in [-0.25, -0.2) is 15.0 Å². The van der Waals surface area contributed by atoms with Crippen molar-refractivity contribution in [1.29, 1.82) is 0 Å². The van der Waals surface area contributed by atoms with Crippen LogP contribution in [0.2, 0.25) is 5.02 Å². The van der Waals surface area contributed by atoms with Crippen molar-refractivity contribution >= 4 is 33.4 Å². The maximum absolute atomic E-state index is 13.8. The lowest BCUT2D eigenvalue weighted by molar-refractivity contribution is -0.139. The SMILES string of the molecule is COc1nc2ccccc2c2nc(-c3ccc(Cl)cc3)nc(C(F)(F)F)c12. The number of para-hydroxylation sites is 1. The molecule has 0 fully saturated rings. The van der Waals surface area contributed by atoms with Crippen LogP contribution in [0.15, 0.2) is 48.5 Å². The monoisotopic (exact) mass is 389 g/mol. The number of ether oxygens (including phenoxy) is 1. The van der Waals surface area contributed by atoms with Crippen LogP contribution in [-0.2, 0) is 6.18 Å². The molecule has 2 aromatic carbocycles. The maximum atomic E-state index is 13.8. The van der Waals surface area contributed by atoms with E-state index in [-0.39, 0.29) is 22.6 Å². The van der Waals surface area contributed by atoms with Gasteiger partial charge in [-0.15, -0.1) is 0 Å². The topological polar surface area (TPSA) is 47.9 Å². The maximum Gasteiger partial charge on any atom is 0.434 e. The van der Waals surface area contributed by atoms with Crippen molar-refractivity contribution in [2.24, 2.45) is 0 Å². The molecule has 0 unspecified atom stereocenters. The Balaban J connectivity index is 2.17. The first kappa shape index (κ1) is 17.5. The van der Waals surface area contributed by atoms with Gasteiger partial charge in [-0.05, 0) is 30.3 Å². The van der Waals surface area contributed by atoms with Gasteiger partial charge >= 0.3 is 6.18 Å². The van der Waals surface area contributed by atoms with Gasteiger partial charge in [0.05, 0.1) is 23.5 Å². The predicted molar refractivity (Wildman–Crippen MR) is 96.8 cm³/mol. The lowest BCUT2D eigenvalue weighted by Crippen LogP contribution is -2.12. The third-order valence-corrected chi connectivity index (χ3v) is 4.32. The van der Waals surface area contributed by atoms with E-state index in [9.17, 15) is 13.2 Å². The molecule has 0 radical (unpaired) electrons. The summed E-state index contributed by atoms with van der Waals surface area (Å²) in [6.07, 6.45) is -4.71. The molecule has 0 aliphatic rings. The molecule has 8 heteroatoms. The molecule has 0 atom stereocenters. The van der Waals surface area contributed by atoms with Crippen molar-refractivity contribution in [2.45, 2.75) is 6.18 Å². The normalized spacial score (nSPS) is 11.9. The predicted octanol–water partition coefficient (Wildman–Crippen LogP) is 5.53. The number of halogens is 4. The van der Waals surface area contributed by atoms with Crippen molar-refractivity contribution < 1.29 is 17.9 Å². The van der Waals surface area contributed by atoms with Crippen molar-refractivity contribution in [3.63, 3.8) is 0 Å². The fourth-order valence-electron chi connectivity index (χ4n) is 2.88. The summed E-state index contributed by atoms with van der Waals surface area (Å²) in [5, 5.41) is 0.685. The Morgan fingerprint density at radius 2 is 1.63 bits per heavy atom. The van der Waals surface area contributed by atoms with Crippen molar-refractivity contribution in [3.8, 4) is 17.3 Å². The molecule has 27 heavy (non-hydrogen) atoms. The molecule has 4 aromatic rings. The first-order valence-corrected chi connectivity index (χ1v) is 8.24. The molecule has 0 N–H and O–H groups in total. The summed E-state index contributed by atoms with van der Waals surface area (Å²) in [5.41, 5.74) is -0.0559. The Morgan fingerprint density at radius 3 is 2.30 bits per heavy atom. The minimum atomic E-state index is -4.71. The van der Waals surface area contributed by atoms with E-state index in [4.69, 9.17) is 16.3 Å². The minimum absolute atomic E-state index is 0.0510. The van der Waals surface area contributed by atoms with Gasteiger partial charge < -0.3 is 4.74 Å². The highest BCUT2D eigenvalue weighted by molar-refractivity contribution is 6.30. The zero-order chi connectivity index (χ0) is 19.2. The standard InChI is InChI=1S/C19H11ClF3N3O/c1-27-18-14-15(12-4-2-3-5-13(12)24-18)25-17(26-16(14)19(21,22)23)10-6-8-11(20)9-7-10/h2-9H,1H3. The first-order valence-electron chi connectivity index (χ1n) is 7.86. The number of alkyl halides is 3. The van der Waals surface area contributed by atoms with Gasteiger partial charge in [0.1, 0.15) is 0 Å². The van der Waals surface area contributed by atoms with Gasteiger partial charge in [0.25, 0.3) is 0 Å². The van der Waals surface area contributed by atoms with Crippen LogP contribution >= 0.6 is 11.6 Å². The Hall–Kier alpha value is -2.93. The van der Waals surface area contributed by atoms with Crippen LogP contribution in [-0.4, -0.2) is 22.1 Å². The molecule has 0 aliphatic carbocycles. The molecule has 4 nitrogen and oxygen atoms in total. The van der Waals surface area contributed by atoms with Gasteiger partial charge in [-0.1, -0.05) is 29.8 Å². The zero-order valence-electron chi connectivity index (χ0n) is 13.9. The number of nitrogens with zero attached hydrogens (tertiary/aromatic N) is 3. The number of benzene rings is 2. The molecule has 0 spiro atoms. The highest BCUT2D eigenvalue weighted by atomic mass is 35.5. The molecule has 0 saturated heterocycles. The van der Waals surface area contributed by atoms with Gasteiger partial charge in [0, 0.05) is 16.0 Å². The lowest BCUT2D eigenvalue weighted by Gasteiger charge is -2.15. The first-order chi connectivity index (χ1) is 12.9. The number of hydrogen-bond donors (Lipinski definition) is 0. The van der Waals surface area contributed by atoms with Crippen molar-refractivity contribution in [2.75, 3.05) is 7.11 Å². The van der Waals surface area contributed by atoms with E-state index in [1.807, 2.05) is 0 Å². The molecule has 136 valence electrons. The summed E-state index contributed by atoms with van der Waals surface area (Å²) in [5.74, 6) is -0.219. The lowest BCUT2D eigenvalue weighted by atomic mass is 10.1. The quantitative estimate of drug-likeness (QED) is 0.423. The minimum Gasteiger partial charge on any atom is -0.480 e. The van der Waals surface area contributed by atoms with Gasteiger partial charge in [-0.2, -0.15) is 13.2 Å². The summed E-state index contributed by atoms with van der Waals surface area (Å²) in [6.45, 7) is 0. The Bertz CT molecular complexity index is 1160. The molecular formula is C19H11ClF3N3O. The smallest absolute Gasteiger partial charge is 0.434 e.